The number of Topliss-reactive ketones (excluding diaryl/α,β-unsaturated/α-hetero) is 1. The summed E-state index contributed by atoms with van der Waals surface area (Å²) >= 11 is 5.96. The highest BCUT2D eigenvalue weighted by Crippen LogP contribution is 2.24. The number of carbonyl (C=O) groups is 1. The summed E-state index contributed by atoms with van der Waals surface area (Å²) in [7, 11) is 0. The Kier molecular flexibility index (Phi) is 6.06. The number of nitriles is 1. The number of carbonyl (C=O) groups excluding carboxylic acids is 1. The molecule has 2 aromatic rings. The molecule has 6 nitrogen and oxygen atoms in total. The first-order valence-corrected chi connectivity index (χ1v) is 8.48. The average Bonchev–Trinajstić information content (AvgIpc) is 2.60. The first-order valence-electron chi connectivity index (χ1n) is 8.10. The fourth-order valence-corrected chi connectivity index (χ4v) is 2.76. The van der Waals surface area contributed by atoms with E-state index in [1.807, 2.05) is 19.9 Å². The number of hydrogen-bond acceptors (Lipinski definition) is 5. The number of pyridine rings is 1. The van der Waals surface area contributed by atoms with Gasteiger partial charge in [0.25, 0.3) is 5.56 Å². The molecule has 136 valence electrons. The zero-order valence-electron chi connectivity index (χ0n) is 14.8. The predicted molar refractivity (Wildman–Crippen MR) is 98.1 cm³/mol. The Labute approximate surface area is 156 Å². The highest BCUT2D eigenvalue weighted by Gasteiger charge is 2.24. The van der Waals surface area contributed by atoms with E-state index < -0.39 is 17.2 Å². The van der Waals surface area contributed by atoms with Gasteiger partial charge in [-0.2, -0.15) is 5.26 Å². The molecule has 7 heteroatoms. The number of aromatic nitrogens is 1. The summed E-state index contributed by atoms with van der Waals surface area (Å²) in [6.45, 7) is 4.97. The molecule has 0 radical (unpaired) electrons. The Morgan fingerprint density at radius 3 is 2.65 bits per heavy atom. The van der Waals surface area contributed by atoms with E-state index in [-0.39, 0.29) is 29.8 Å². The van der Waals surface area contributed by atoms with Crippen LogP contribution in [-0.4, -0.2) is 22.1 Å². The highest BCUT2D eigenvalue weighted by molar-refractivity contribution is 6.31. The van der Waals surface area contributed by atoms with E-state index in [2.05, 4.69) is 0 Å². The van der Waals surface area contributed by atoms with Crippen molar-refractivity contribution in [1.82, 2.24) is 4.57 Å². The van der Waals surface area contributed by atoms with Crippen LogP contribution in [0.5, 0.6) is 11.6 Å². The molecule has 0 amide bonds. The standard InChI is InChI=1S/C19H19ClN2O4/c1-4-7-22-18(24)14(9-21)12(3)17(19(22)25)16(23)10-26-13-5-6-15(20)11(2)8-13/h5-6,8,25H,4,7,10H2,1-3H3. The van der Waals surface area contributed by atoms with Crippen LogP contribution in [0.1, 0.15) is 40.4 Å². The van der Waals surface area contributed by atoms with Crippen molar-refractivity contribution >= 4 is 17.4 Å². The average molecular weight is 375 g/mol. The number of aromatic hydroxyl groups is 1. The minimum absolute atomic E-state index is 0.0692. The lowest BCUT2D eigenvalue weighted by Crippen LogP contribution is -2.27. The Hall–Kier alpha value is -2.78. The molecule has 1 N–H and O–H groups in total. The van der Waals surface area contributed by atoms with Gasteiger partial charge < -0.3 is 9.84 Å². The Balaban J connectivity index is 2.39. The lowest BCUT2D eigenvalue weighted by atomic mass is 10.0. The van der Waals surface area contributed by atoms with E-state index in [0.717, 1.165) is 10.1 Å². The number of halogens is 1. The van der Waals surface area contributed by atoms with Gasteiger partial charge in [0.2, 0.25) is 11.7 Å². The second-order valence-corrected chi connectivity index (χ2v) is 6.30. The normalized spacial score (nSPS) is 10.4. The number of ether oxygens (including phenoxy) is 1. The Morgan fingerprint density at radius 1 is 1.38 bits per heavy atom. The van der Waals surface area contributed by atoms with Crippen LogP contribution in [0, 0.1) is 25.2 Å². The molecule has 0 aliphatic heterocycles. The van der Waals surface area contributed by atoms with Crippen LogP contribution in [0.3, 0.4) is 0 Å². The number of nitrogens with zero attached hydrogens (tertiary/aromatic N) is 2. The van der Waals surface area contributed by atoms with E-state index >= 15 is 0 Å². The molecule has 1 aromatic carbocycles. The predicted octanol–water partition coefficient (Wildman–Crippen LogP) is 3.37. The van der Waals surface area contributed by atoms with Gasteiger partial charge in [-0.1, -0.05) is 18.5 Å². The molecule has 1 heterocycles. The zero-order valence-corrected chi connectivity index (χ0v) is 15.6. The maximum Gasteiger partial charge on any atom is 0.271 e. The molecule has 26 heavy (non-hydrogen) atoms. The van der Waals surface area contributed by atoms with Crippen LogP contribution < -0.4 is 10.3 Å². The number of rotatable bonds is 6. The van der Waals surface area contributed by atoms with Crippen LogP contribution in [0.4, 0.5) is 0 Å². The molecule has 0 fully saturated rings. The lowest BCUT2D eigenvalue weighted by Gasteiger charge is -2.15. The molecule has 0 saturated heterocycles. The quantitative estimate of drug-likeness (QED) is 0.782. The summed E-state index contributed by atoms with van der Waals surface area (Å²) in [5.74, 6) is -0.497. The van der Waals surface area contributed by atoms with E-state index in [0.29, 0.717) is 17.2 Å². The van der Waals surface area contributed by atoms with Crippen molar-refractivity contribution in [3.63, 3.8) is 0 Å². The molecule has 0 saturated carbocycles. The summed E-state index contributed by atoms with van der Waals surface area (Å²) in [5.41, 5.74) is 0.138. The largest absolute Gasteiger partial charge is 0.494 e. The molecule has 0 unspecified atom stereocenters. The molecule has 2 rings (SSSR count). The van der Waals surface area contributed by atoms with Gasteiger partial charge in [0.15, 0.2) is 6.61 Å². The highest BCUT2D eigenvalue weighted by atomic mass is 35.5. The van der Waals surface area contributed by atoms with Crippen LogP contribution in [0.15, 0.2) is 23.0 Å². The SMILES string of the molecule is CCCn1c(O)c(C(=O)COc2ccc(Cl)c(C)c2)c(C)c(C#N)c1=O. The van der Waals surface area contributed by atoms with Gasteiger partial charge >= 0.3 is 0 Å². The van der Waals surface area contributed by atoms with Crippen molar-refractivity contribution in [2.24, 2.45) is 0 Å². The van der Waals surface area contributed by atoms with Gasteiger partial charge in [0, 0.05) is 11.6 Å². The Bertz CT molecular complexity index is 957. The first kappa shape index (κ1) is 19.5. The smallest absolute Gasteiger partial charge is 0.271 e. The maximum absolute atomic E-state index is 12.6. The fraction of sp³-hybridized carbons (Fsp3) is 0.316. The van der Waals surface area contributed by atoms with Crippen LogP contribution >= 0.6 is 11.6 Å². The van der Waals surface area contributed by atoms with Gasteiger partial charge in [-0.3, -0.25) is 14.2 Å². The van der Waals surface area contributed by atoms with Gasteiger partial charge in [0.1, 0.15) is 17.4 Å². The number of aryl methyl sites for hydroxylation is 1. The first-order chi connectivity index (χ1) is 12.3. The summed E-state index contributed by atoms with van der Waals surface area (Å²) in [4.78, 5) is 24.9. The molecule has 0 bridgehead atoms. The summed E-state index contributed by atoms with van der Waals surface area (Å²) < 4.78 is 6.53. The van der Waals surface area contributed by atoms with Crippen molar-refractivity contribution in [3.8, 4) is 17.7 Å². The fourth-order valence-electron chi connectivity index (χ4n) is 2.64. The number of ketones is 1. The van der Waals surface area contributed by atoms with Gasteiger partial charge in [-0.25, -0.2) is 0 Å². The summed E-state index contributed by atoms with van der Waals surface area (Å²) in [6, 6.07) is 6.81. The molecular formula is C19H19ClN2O4. The van der Waals surface area contributed by atoms with Gasteiger partial charge in [0.05, 0.1) is 5.56 Å². The number of benzene rings is 1. The van der Waals surface area contributed by atoms with E-state index in [9.17, 15) is 20.0 Å². The second kappa shape index (κ2) is 8.07. The molecular weight excluding hydrogens is 356 g/mol. The van der Waals surface area contributed by atoms with Crippen LogP contribution in [0.2, 0.25) is 5.02 Å². The third-order valence-electron chi connectivity index (χ3n) is 4.03. The molecule has 0 atom stereocenters. The topological polar surface area (TPSA) is 92.3 Å². The lowest BCUT2D eigenvalue weighted by molar-refractivity contribution is 0.0916. The van der Waals surface area contributed by atoms with E-state index in [1.54, 1.807) is 18.2 Å². The maximum atomic E-state index is 12.6. The van der Waals surface area contributed by atoms with Crippen molar-refractivity contribution in [2.45, 2.75) is 33.7 Å². The minimum Gasteiger partial charge on any atom is -0.494 e. The van der Waals surface area contributed by atoms with Crippen LogP contribution in [0.25, 0.3) is 0 Å². The zero-order chi connectivity index (χ0) is 19.4. The third kappa shape index (κ3) is 3.73. The molecule has 0 aliphatic rings. The Morgan fingerprint density at radius 2 is 2.08 bits per heavy atom. The van der Waals surface area contributed by atoms with Crippen molar-refractivity contribution in [3.05, 3.63) is 55.8 Å². The second-order valence-electron chi connectivity index (χ2n) is 5.89. The molecule has 1 aromatic heterocycles. The number of hydrogen-bond donors (Lipinski definition) is 1. The summed E-state index contributed by atoms with van der Waals surface area (Å²) in [6.07, 6.45) is 0.565. The van der Waals surface area contributed by atoms with Gasteiger partial charge in [-0.15, -0.1) is 0 Å². The minimum atomic E-state index is -0.602. The summed E-state index contributed by atoms with van der Waals surface area (Å²) in [5, 5.41) is 20.2. The molecule has 0 aliphatic carbocycles. The monoisotopic (exact) mass is 374 g/mol. The van der Waals surface area contributed by atoms with Crippen molar-refractivity contribution in [2.75, 3.05) is 6.61 Å². The van der Waals surface area contributed by atoms with E-state index in [1.165, 1.54) is 6.92 Å². The van der Waals surface area contributed by atoms with E-state index in [4.69, 9.17) is 16.3 Å². The third-order valence-corrected chi connectivity index (χ3v) is 4.45. The van der Waals surface area contributed by atoms with Crippen molar-refractivity contribution in [1.29, 1.82) is 5.26 Å². The van der Waals surface area contributed by atoms with Crippen molar-refractivity contribution < 1.29 is 14.6 Å². The van der Waals surface area contributed by atoms with Crippen LogP contribution in [-0.2, 0) is 6.54 Å². The molecule has 0 spiro atoms. The van der Waals surface area contributed by atoms with Gasteiger partial charge in [-0.05, 0) is 49.6 Å².